The second-order valence-electron chi connectivity index (χ2n) is 9.43. The zero-order valence-corrected chi connectivity index (χ0v) is 23.1. The number of nitrogens with one attached hydrogen (secondary N) is 1. The van der Waals surface area contributed by atoms with Crippen molar-refractivity contribution < 1.29 is 27.4 Å². The minimum absolute atomic E-state index is 0.0930. The third kappa shape index (κ3) is 6.21. The van der Waals surface area contributed by atoms with Crippen LogP contribution in [0.2, 0.25) is 0 Å². The second kappa shape index (κ2) is 11.7. The van der Waals surface area contributed by atoms with E-state index in [0.29, 0.717) is 41.9 Å². The van der Waals surface area contributed by atoms with E-state index in [1.54, 1.807) is 54.6 Å². The Morgan fingerprint density at radius 1 is 0.875 bits per heavy atom. The highest BCUT2D eigenvalue weighted by molar-refractivity contribution is 7.92. The average molecular weight is 559 g/mol. The third-order valence-corrected chi connectivity index (χ3v) is 8.23. The molecule has 0 saturated heterocycles. The van der Waals surface area contributed by atoms with Crippen molar-refractivity contribution in [3.05, 3.63) is 108 Å². The minimum atomic E-state index is -4.06. The number of hydrogen-bond donors (Lipinski definition) is 1. The van der Waals surface area contributed by atoms with Gasteiger partial charge in [-0.05, 0) is 80.1 Å². The van der Waals surface area contributed by atoms with Gasteiger partial charge in [0.05, 0.1) is 16.6 Å². The zero-order valence-electron chi connectivity index (χ0n) is 22.2. The van der Waals surface area contributed by atoms with Crippen LogP contribution < -0.4 is 23.8 Å². The Morgan fingerprint density at radius 2 is 1.52 bits per heavy atom. The number of rotatable bonds is 9. The van der Waals surface area contributed by atoms with Crippen LogP contribution in [0.15, 0.2) is 102 Å². The van der Waals surface area contributed by atoms with Gasteiger partial charge in [0.2, 0.25) is 5.91 Å². The summed E-state index contributed by atoms with van der Waals surface area (Å²) in [4.78, 5) is 13.3. The molecule has 1 N–H and O–H groups in total. The molecule has 1 amide bonds. The van der Waals surface area contributed by atoms with Crippen molar-refractivity contribution in [2.45, 2.75) is 24.8 Å². The van der Waals surface area contributed by atoms with Crippen LogP contribution in [-0.4, -0.2) is 34.1 Å². The number of carbonyl (C=O) groups is 1. The summed E-state index contributed by atoms with van der Waals surface area (Å²) in [5.74, 6) is 2.02. The van der Waals surface area contributed by atoms with Crippen LogP contribution in [0.5, 0.6) is 23.0 Å². The molecule has 1 aliphatic heterocycles. The first-order valence-corrected chi connectivity index (χ1v) is 14.3. The second-order valence-corrected chi connectivity index (χ2v) is 11.3. The molecule has 1 unspecified atom stereocenters. The Morgan fingerprint density at radius 3 is 2.23 bits per heavy atom. The van der Waals surface area contributed by atoms with Gasteiger partial charge in [-0.3, -0.25) is 9.10 Å². The standard InChI is InChI=1S/C31H30N2O6S/c1-22-8-15-28(16-9-22)40(35,36)33(25-11-13-27(14-12-25)39-26-6-4-3-5-7-26)21-31(34)32-23(2)24-10-17-29-30(20-24)38-19-18-37-29/h3-17,20,23H,18-19,21H2,1-2H3,(H,32,34). The first kappa shape index (κ1) is 27.1. The van der Waals surface area contributed by atoms with Gasteiger partial charge in [-0.2, -0.15) is 0 Å². The quantitative estimate of drug-likeness (QED) is 0.286. The van der Waals surface area contributed by atoms with Gasteiger partial charge in [0, 0.05) is 0 Å². The number of carbonyl (C=O) groups excluding carboxylic acids is 1. The summed E-state index contributed by atoms with van der Waals surface area (Å²) in [5.41, 5.74) is 2.08. The lowest BCUT2D eigenvalue weighted by molar-refractivity contribution is -0.120. The molecule has 0 spiro atoms. The van der Waals surface area contributed by atoms with Gasteiger partial charge in [-0.15, -0.1) is 0 Å². The lowest BCUT2D eigenvalue weighted by Gasteiger charge is -2.26. The molecule has 9 heteroatoms. The molecule has 8 nitrogen and oxygen atoms in total. The highest BCUT2D eigenvalue weighted by Crippen LogP contribution is 2.33. The van der Waals surface area contributed by atoms with E-state index in [1.807, 2.05) is 56.3 Å². The van der Waals surface area contributed by atoms with E-state index in [9.17, 15) is 13.2 Å². The molecular formula is C31H30N2O6S. The molecule has 1 aliphatic rings. The molecule has 0 aromatic heterocycles. The Hall–Kier alpha value is -4.50. The van der Waals surface area contributed by atoms with Crippen LogP contribution in [0.25, 0.3) is 0 Å². The van der Waals surface area contributed by atoms with Crippen molar-refractivity contribution in [1.29, 1.82) is 0 Å². The van der Waals surface area contributed by atoms with Crippen LogP contribution in [0, 0.1) is 6.92 Å². The van der Waals surface area contributed by atoms with Gasteiger partial charge < -0.3 is 19.5 Å². The maximum atomic E-state index is 13.8. The number of fused-ring (bicyclic) bond motifs is 1. The Bertz CT molecular complexity index is 1570. The molecule has 206 valence electrons. The number of benzene rings is 4. The van der Waals surface area contributed by atoms with Gasteiger partial charge in [0.15, 0.2) is 11.5 Å². The fourth-order valence-electron chi connectivity index (χ4n) is 4.29. The smallest absolute Gasteiger partial charge is 0.264 e. The van der Waals surface area contributed by atoms with E-state index >= 15 is 0 Å². The van der Waals surface area contributed by atoms with E-state index in [0.717, 1.165) is 15.4 Å². The number of para-hydroxylation sites is 1. The molecule has 4 aromatic rings. The van der Waals surface area contributed by atoms with Crippen molar-refractivity contribution >= 4 is 21.6 Å². The Labute approximate surface area is 234 Å². The molecule has 4 aromatic carbocycles. The van der Waals surface area contributed by atoms with Gasteiger partial charge in [0.1, 0.15) is 31.3 Å². The summed E-state index contributed by atoms with van der Waals surface area (Å²) in [6.45, 7) is 4.25. The van der Waals surface area contributed by atoms with Gasteiger partial charge in [-0.25, -0.2) is 8.42 Å². The average Bonchev–Trinajstić information content (AvgIpc) is 2.97. The summed E-state index contributed by atoms with van der Waals surface area (Å²) < 4.78 is 45.7. The maximum absolute atomic E-state index is 13.8. The SMILES string of the molecule is Cc1ccc(S(=O)(=O)N(CC(=O)NC(C)c2ccc3c(c2)OCCO3)c2ccc(Oc3ccccc3)cc2)cc1. The lowest BCUT2D eigenvalue weighted by Crippen LogP contribution is -2.41. The van der Waals surface area contributed by atoms with Crippen LogP contribution in [0.4, 0.5) is 5.69 Å². The number of ether oxygens (including phenoxy) is 3. The van der Waals surface area contributed by atoms with Crippen molar-refractivity contribution in [1.82, 2.24) is 5.32 Å². The Kier molecular flexibility index (Phi) is 7.93. The summed E-state index contributed by atoms with van der Waals surface area (Å²) in [6, 6.07) is 27.5. The highest BCUT2D eigenvalue weighted by atomic mass is 32.2. The number of anilines is 1. The number of nitrogens with zero attached hydrogens (tertiary/aromatic N) is 1. The molecule has 0 fully saturated rings. The molecule has 1 heterocycles. The summed E-state index contributed by atoms with van der Waals surface area (Å²) in [7, 11) is -4.06. The van der Waals surface area contributed by atoms with E-state index in [-0.39, 0.29) is 4.90 Å². The van der Waals surface area contributed by atoms with Crippen LogP contribution in [-0.2, 0) is 14.8 Å². The molecule has 1 atom stereocenters. The van der Waals surface area contributed by atoms with Crippen molar-refractivity contribution in [3.63, 3.8) is 0 Å². The summed E-state index contributed by atoms with van der Waals surface area (Å²) >= 11 is 0. The summed E-state index contributed by atoms with van der Waals surface area (Å²) in [6.07, 6.45) is 0. The highest BCUT2D eigenvalue weighted by Gasteiger charge is 2.28. The fraction of sp³-hybridized carbons (Fsp3) is 0.194. The first-order chi connectivity index (χ1) is 19.3. The number of sulfonamides is 1. The van der Waals surface area contributed by atoms with E-state index in [2.05, 4.69) is 5.32 Å². The van der Waals surface area contributed by atoms with Crippen LogP contribution in [0.3, 0.4) is 0 Å². The topological polar surface area (TPSA) is 94.2 Å². The van der Waals surface area contributed by atoms with E-state index < -0.39 is 28.5 Å². The predicted molar refractivity (Wildman–Crippen MR) is 153 cm³/mol. The third-order valence-electron chi connectivity index (χ3n) is 6.44. The predicted octanol–water partition coefficient (Wildman–Crippen LogP) is 5.63. The van der Waals surface area contributed by atoms with Crippen molar-refractivity contribution in [2.75, 3.05) is 24.1 Å². The van der Waals surface area contributed by atoms with Gasteiger partial charge in [-0.1, -0.05) is 42.0 Å². The van der Waals surface area contributed by atoms with Gasteiger partial charge in [0.25, 0.3) is 10.0 Å². The van der Waals surface area contributed by atoms with Crippen LogP contribution in [0.1, 0.15) is 24.1 Å². The van der Waals surface area contributed by atoms with Crippen molar-refractivity contribution in [3.8, 4) is 23.0 Å². The normalized spacial score (nSPS) is 13.2. The van der Waals surface area contributed by atoms with E-state index in [1.165, 1.54) is 0 Å². The molecule has 0 aliphatic carbocycles. The van der Waals surface area contributed by atoms with Crippen LogP contribution >= 0.6 is 0 Å². The molecule has 0 saturated carbocycles. The lowest BCUT2D eigenvalue weighted by atomic mass is 10.1. The van der Waals surface area contributed by atoms with Gasteiger partial charge >= 0.3 is 0 Å². The zero-order chi connectivity index (χ0) is 28.1. The molecule has 0 radical (unpaired) electrons. The molecule has 40 heavy (non-hydrogen) atoms. The first-order valence-electron chi connectivity index (χ1n) is 12.9. The minimum Gasteiger partial charge on any atom is -0.486 e. The molecular weight excluding hydrogens is 528 g/mol. The maximum Gasteiger partial charge on any atom is 0.264 e. The largest absolute Gasteiger partial charge is 0.486 e. The summed E-state index contributed by atoms with van der Waals surface area (Å²) in [5, 5.41) is 2.91. The monoisotopic (exact) mass is 558 g/mol. The molecule has 0 bridgehead atoms. The number of amides is 1. The van der Waals surface area contributed by atoms with E-state index in [4.69, 9.17) is 14.2 Å². The number of aryl methyl sites for hydroxylation is 1. The molecule has 5 rings (SSSR count). The Balaban J connectivity index is 1.38. The fourth-order valence-corrected chi connectivity index (χ4v) is 5.71. The van der Waals surface area contributed by atoms with Crippen molar-refractivity contribution in [2.24, 2.45) is 0 Å². The number of hydrogen-bond acceptors (Lipinski definition) is 6.